The fourth-order valence-electron chi connectivity index (χ4n) is 4.58. The first-order valence-corrected chi connectivity index (χ1v) is 12.4. The summed E-state index contributed by atoms with van der Waals surface area (Å²) >= 11 is 0. The SMILES string of the molecule is C[C@@H]1CN(c2ccc(C(=N)NC(=O)c3ccccn3)cc2)CCN1c1nc(-c2ccncc2F)cc(=O)n1C. The molecule has 0 aliphatic carbocycles. The van der Waals surface area contributed by atoms with Crippen LogP contribution in [-0.4, -0.2) is 56.9 Å². The summed E-state index contributed by atoms with van der Waals surface area (Å²) in [5.74, 6) is -0.496. The predicted molar refractivity (Wildman–Crippen MR) is 147 cm³/mol. The highest BCUT2D eigenvalue weighted by molar-refractivity contribution is 6.10. The first-order chi connectivity index (χ1) is 18.8. The molecule has 4 aromatic rings. The van der Waals surface area contributed by atoms with Gasteiger partial charge in [0.1, 0.15) is 11.5 Å². The van der Waals surface area contributed by atoms with Gasteiger partial charge in [-0.3, -0.25) is 29.5 Å². The van der Waals surface area contributed by atoms with Gasteiger partial charge in [-0.05, 0) is 49.4 Å². The maximum atomic E-state index is 14.3. The van der Waals surface area contributed by atoms with Gasteiger partial charge in [-0.1, -0.05) is 6.07 Å². The Morgan fingerprint density at radius 2 is 1.90 bits per heavy atom. The lowest BCUT2D eigenvalue weighted by Gasteiger charge is -2.42. The molecule has 1 fully saturated rings. The van der Waals surface area contributed by atoms with Crippen LogP contribution in [0.3, 0.4) is 0 Å². The molecular formula is C28H27FN8O2. The number of carbonyl (C=O) groups is 1. The van der Waals surface area contributed by atoms with E-state index in [9.17, 15) is 14.0 Å². The third-order valence-electron chi connectivity index (χ3n) is 6.70. The molecule has 1 aromatic carbocycles. The molecule has 11 heteroatoms. The highest BCUT2D eigenvalue weighted by atomic mass is 19.1. The van der Waals surface area contributed by atoms with E-state index < -0.39 is 11.7 Å². The zero-order valence-electron chi connectivity index (χ0n) is 21.5. The monoisotopic (exact) mass is 526 g/mol. The number of hydrogen-bond acceptors (Lipinski definition) is 8. The molecule has 1 saturated heterocycles. The Balaban J connectivity index is 1.28. The molecule has 198 valence electrons. The van der Waals surface area contributed by atoms with Gasteiger partial charge in [-0.2, -0.15) is 0 Å². The number of pyridine rings is 2. The molecule has 39 heavy (non-hydrogen) atoms. The van der Waals surface area contributed by atoms with Gasteiger partial charge in [0.2, 0.25) is 5.95 Å². The van der Waals surface area contributed by atoms with E-state index >= 15 is 0 Å². The Bertz CT molecular complexity index is 1570. The van der Waals surface area contributed by atoms with Crippen LogP contribution in [0.1, 0.15) is 23.0 Å². The van der Waals surface area contributed by atoms with Crippen LogP contribution in [0.4, 0.5) is 16.0 Å². The fraction of sp³-hybridized carbons (Fsp3) is 0.214. The molecular weight excluding hydrogens is 499 g/mol. The number of benzene rings is 1. The number of carbonyl (C=O) groups excluding carboxylic acids is 1. The lowest BCUT2D eigenvalue weighted by atomic mass is 10.1. The number of rotatable bonds is 5. The molecule has 1 amide bonds. The van der Waals surface area contributed by atoms with E-state index in [0.717, 1.165) is 11.9 Å². The topological polar surface area (TPSA) is 120 Å². The number of amidine groups is 1. The number of nitrogens with zero attached hydrogens (tertiary/aromatic N) is 6. The average Bonchev–Trinajstić information content (AvgIpc) is 2.95. The van der Waals surface area contributed by atoms with Crippen LogP contribution in [0.15, 0.2) is 78.0 Å². The van der Waals surface area contributed by atoms with Crippen molar-refractivity contribution in [2.24, 2.45) is 7.05 Å². The van der Waals surface area contributed by atoms with Gasteiger partial charge in [0.05, 0.1) is 11.9 Å². The maximum Gasteiger partial charge on any atom is 0.275 e. The van der Waals surface area contributed by atoms with Gasteiger partial charge >= 0.3 is 0 Å². The zero-order valence-corrected chi connectivity index (χ0v) is 21.5. The summed E-state index contributed by atoms with van der Waals surface area (Å²) in [6, 6.07) is 15.3. The van der Waals surface area contributed by atoms with Gasteiger partial charge in [0, 0.05) is 68.0 Å². The summed E-state index contributed by atoms with van der Waals surface area (Å²) in [4.78, 5) is 41.7. The molecule has 0 radical (unpaired) electrons. The molecule has 1 atom stereocenters. The standard InChI is InChI=1S/C28H27FN8O2/c1-18-17-36(20-8-6-19(7-9-20)26(30)34-27(39)23-5-3-4-11-32-23)13-14-37(18)28-33-24(15-25(38)35(28)2)21-10-12-31-16-22(21)29/h3-12,15-16,18H,13-14,17H2,1-2H3,(H2,30,34,39)/t18-/m1/s1. The smallest absolute Gasteiger partial charge is 0.275 e. The molecule has 2 N–H and O–H groups in total. The molecule has 0 saturated carbocycles. The minimum atomic E-state index is -0.533. The van der Waals surface area contributed by atoms with Crippen LogP contribution >= 0.6 is 0 Å². The van der Waals surface area contributed by atoms with Crippen molar-refractivity contribution in [2.45, 2.75) is 13.0 Å². The highest BCUT2D eigenvalue weighted by Gasteiger charge is 2.27. The minimum absolute atomic E-state index is 0.00465. The molecule has 1 aliphatic rings. The third-order valence-corrected chi connectivity index (χ3v) is 6.70. The maximum absolute atomic E-state index is 14.3. The number of amides is 1. The molecule has 0 unspecified atom stereocenters. The first kappa shape index (κ1) is 25.7. The Kier molecular flexibility index (Phi) is 7.13. The van der Waals surface area contributed by atoms with E-state index in [-0.39, 0.29) is 34.4 Å². The van der Waals surface area contributed by atoms with Crippen molar-refractivity contribution in [1.29, 1.82) is 5.41 Å². The predicted octanol–water partition coefficient (Wildman–Crippen LogP) is 2.85. The number of halogens is 1. The van der Waals surface area contributed by atoms with Crippen molar-refractivity contribution < 1.29 is 9.18 Å². The number of nitrogens with one attached hydrogen (secondary N) is 2. The van der Waals surface area contributed by atoms with Gasteiger partial charge in [0.15, 0.2) is 5.82 Å². The van der Waals surface area contributed by atoms with Gasteiger partial charge in [-0.25, -0.2) is 9.37 Å². The summed E-state index contributed by atoms with van der Waals surface area (Å²) in [6.45, 7) is 3.98. The van der Waals surface area contributed by atoms with Crippen molar-refractivity contribution in [1.82, 2.24) is 24.8 Å². The van der Waals surface area contributed by atoms with E-state index in [0.29, 0.717) is 31.1 Å². The quantitative estimate of drug-likeness (QED) is 0.303. The number of piperazine rings is 1. The Labute approximate surface area is 224 Å². The summed E-state index contributed by atoms with van der Waals surface area (Å²) in [5.41, 5.74) is 2.04. The zero-order chi connectivity index (χ0) is 27.5. The van der Waals surface area contributed by atoms with Gasteiger partial charge in [-0.15, -0.1) is 0 Å². The Morgan fingerprint density at radius 3 is 2.59 bits per heavy atom. The Morgan fingerprint density at radius 1 is 1.10 bits per heavy atom. The fourth-order valence-corrected chi connectivity index (χ4v) is 4.58. The highest BCUT2D eigenvalue weighted by Crippen LogP contribution is 2.25. The van der Waals surface area contributed by atoms with E-state index in [1.807, 2.05) is 12.1 Å². The van der Waals surface area contributed by atoms with Gasteiger partial charge in [0.25, 0.3) is 11.5 Å². The molecule has 10 nitrogen and oxygen atoms in total. The van der Waals surface area contributed by atoms with Crippen molar-refractivity contribution in [2.75, 3.05) is 29.4 Å². The normalized spacial score (nSPS) is 15.2. The average molecular weight is 527 g/mol. The van der Waals surface area contributed by atoms with Crippen molar-refractivity contribution >= 4 is 23.4 Å². The second-order valence-electron chi connectivity index (χ2n) is 9.27. The van der Waals surface area contributed by atoms with E-state index in [1.165, 1.54) is 29.1 Å². The van der Waals surface area contributed by atoms with Crippen molar-refractivity contribution in [3.63, 3.8) is 0 Å². The minimum Gasteiger partial charge on any atom is -0.368 e. The second-order valence-corrected chi connectivity index (χ2v) is 9.27. The Hall–Kier alpha value is -4.93. The van der Waals surface area contributed by atoms with Crippen LogP contribution in [0.5, 0.6) is 0 Å². The summed E-state index contributed by atoms with van der Waals surface area (Å²) in [6.07, 6.45) is 4.11. The van der Waals surface area contributed by atoms with Crippen LogP contribution in [-0.2, 0) is 7.05 Å². The first-order valence-electron chi connectivity index (χ1n) is 12.4. The lowest BCUT2D eigenvalue weighted by molar-refractivity contribution is 0.0972. The molecule has 1 aliphatic heterocycles. The number of hydrogen-bond donors (Lipinski definition) is 2. The molecule has 3 aromatic heterocycles. The third kappa shape index (κ3) is 5.37. The molecule has 0 bridgehead atoms. The largest absolute Gasteiger partial charge is 0.368 e. The van der Waals surface area contributed by atoms with Crippen LogP contribution in [0, 0.1) is 11.2 Å². The van der Waals surface area contributed by atoms with Crippen molar-refractivity contribution in [3.05, 3.63) is 101 Å². The summed E-state index contributed by atoms with van der Waals surface area (Å²) in [7, 11) is 1.66. The van der Waals surface area contributed by atoms with Crippen LogP contribution in [0.25, 0.3) is 11.3 Å². The molecule has 5 rings (SSSR count). The van der Waals surface area contributed by atoms with Crippen molar-refractivity contribution in [3.8, 4) is 11.3 Å². The molecule has 0 spiro atoms. The summed E-state index contributed by atoms with van der Waals surface area (Å²) < 4.78 is 15.8. The molecule has 4 heterocycles. The summed E-state index contributed by atoms with van der Waals surface area (Å²) in [5, 5.41) is 10.8. The van der Waals surface area contributed by atoms with Gasteiger partial charge < -0.3 is 15.1 Å². The number of anilines is 2. The van der Waals surface area contributed by atoms with Crippen LogP contribution < -0.4 is 20.7 Å². The van der Waals surface area contributed by atoms with E-state index in [1.54, 1.807) is 37.4 Å². The second kappa shape index (κ2) is 10.8. The lowest BCUT2D eigenvalue weighted by Crippen LogP contribution is -2.53. The van der Waals surface area contributed by atoms with Crippen LogP contribution in [0.2, 0.25) is 0 Å². The van der Waals surface area contributed by atoms with E-state index in [4.69, 9.17) is 5.41 Å². The van der Waals surface area contributed by atoms with E-state index in [2.05, 4.69) is 37.0 Å². The number of aromatic nitrogens is 4.